The fourth-order valence-corrected chi connectivity index (χ4v) is 3.19. The Balaban J connectivity index is 1.71. The Bertz CT molecular complexity index is 1100. The van der Waals surface area contributed by atoms with E-state index in [0.717, 1.165) is 0 Å². The predicted octanol–water partition coefficient (Wildman–Crippen LogP) is 6.13. The van der Waals surface area contributed by atoms with Crippen molar-refractivity contribution in [3.05, 3.63) is 53.8 Å². The smallest absolute Gasteiger partial charge is 0.407 e. The standard InChI is InChI=1S/C25H28FNO5/c1-5-20(28)22-19-15-18(30-14-6-13-27-24(29)32-25(2,3)4)11-12-21(19)31-23(22)16-7-9-17(26)10-8-16/h7-12,15H,5-6,13-14H2,1-4H3,(H,27,29). The molecule has 0 fully saturated rings. The second kappa shape index (κ2) is 9.85. The molecule has 2 aromatic carbocycles. The van der Waals surface area contributed by atoms with Crippen molar-refractivity contribution < 1.29 is 27.9 Å². The summed E-state index contributed by atoms with van der Waals surface area (Å²) < 4.78 is 30.3. The summed E-state index contributed by atoms with van der Waals surface area (Å²) in [6.45, 7) is 7.99. The number of amides is 1. The zero-order valence-corrected chi connectivity index (χ0v) is 18.8. The van der Waals surface area contributed by atoms with Gasteiger partial charge >= 0.3 is 6.09 Å². The molecule has 0 saturated carbocycles. The molecule has 0 spiro atoms. The zero-order chi connectivity index (χ0) is 23.3. The van der Waals surface area contributed by atoms with Gasteiger partial charge in [-0.05, 0) is 69.7 Å². The van der Waals surface area contributed by atoms with Gasteiger partial charge in [0.2, 0.25) is 0 Å². The third-order valence-corrected chi connectivity index (χ3v) is 4.62. The molecule has 0 atom stereocenters. The number of nitrogens with one attached hydrogen (secondary N) is 1. The Morgan fingerprint density at radius 1 is 1.09 bits per heavy atom. The quantitative estimate of drug-likeness (QED) is 0.336. The van der Waals surface area contributed by atoms with E-state index in [1.165, 1.54) is 12.1 Å². The summed E-state index contributed by atoms with van der Waals surface area (Å²) in [4.78, 5) is 24.4. The summed E-state index contributed by atoms with van der Waals surface area (Å²) in [7, 11) is 0. The van der Waals surface area contributed by atoms with E-state index in [2.05, 4.69) is 5.32 Å². The zero-order valence-electron chi connectivity index (χ0n) is 18.8. The lowest BCUT2D eigenvalue weighted by molar-refractivity contribution is 0.0525. The number of ether oxygens (including phenoxy) is 2. The van der Waals surface area contributed by atoms with E-state index in [4.69, 9.17) is 13.9 Å². The van der Waals surface area contributed by atoms with Gasteiger partial charge in [0.1, 0.15) is 28.5 Å². The molecule has 7 heteroatoms. The van der Waals surface area contributed by atoms with E-state index in [1.54, 1.807) is 58.0 Å². The maximum absolute atomic E-state index is 13.3. The monoisotopic (exact) mass is 441 g/mol. The molecule has 3 rings (SSSR count). The molecule has 0 aliphatic carbocycles. The van der Waals surface area contributed by atoms with Crippen molar-refractivity contribution in [2.24, 2.45) is 0 Å². The lowest BCUT2D eigenvalue weighted by Crippen LogP contribution is -2.33. The minimum Gasteiger partial charge on any atom is -0.494 e. The van der Waals surface area contributed by atoms with Crippen molar-refractivity contribution >= 4 is 22.8 Å². The third-order valence-electron chi connectivity index (χ3n) is 4.62. The number of hydrogen-bond donors (Lipinski definition) is 1. The molecule has 1 aromatic heterocycles. The number of carbonyl (C=O) groups excluding carboxylic acids is 2. The van der Waals surface area contributed by atoms with Crippen LogP contribution in [0.5, 0.6) is 5.75 Å². The molecule has 0 unspecified atom stereocenters. The van der Waals surface area contributed by atoms with Crippen molar-refractivity contribution in [3.8, 4) is 17.1 Å². The minimum atomic E-state index is -0.541. The average Bonchev–Trinajstić information content (AvgIpc) is 3.11. The average molecular weight is 441 g/mol. The number of halogens is 1. The molecule has 0 radical (unpaired) electrons. The minimum absolute atomic E-state index is 0.0678. The van der Waals surface area contributed by atoms with Gasteiger partial charge in [-0.3, -0.25) is 4.79 Å². The van der Waals surface area contributed by atoms with E-state index >= 15 is 0 Å². The first-order valence-corrected chi connectivity index (χ1v) is 10.6. The van der Waals surface area contributed by atoms with Crippen molar-refractivity contribution in [1.82, 2.24) is 5.32 Å². The van der Waals surface area contributed by atoms with Crippen LogP contribution >= 0.6 is 0 Å². The Kier molecular flexibility index (Phi) is 7.18. The third kappa shape index (κ3) is 5.87. The van der Waals surface area contributed by atoms with Gasteiger partial charge in [-0.1, -0.05) is 6.92 Å². The number of Topliss-reactive ketones (excluding diaryl/α,β-unsaturated/α-hetero) is 1. The molecule has 6 nitrogen and oxygen atoms in total. The summed E-state index contributed by atoms with van der Waals surface area (Å²) in [6.07, 6.45) is 0.433. The largest absolute Gasteiger partial charge is 0.494 e. The lowest BCUT2D eigenvalue weighted by atomic mass is 10.0. The normalized spacial score (nSPS) is 11.4. The van der Waals surface area contributed by atoms with Gasteiger partial charge in [0.25, 0.3) is 0 Å². The number of hydrogen-bond acceptors (Lipinski definition) is 5. The van der Waals surface area contributed by atoms with Crippen molar-refractivity contribution in [3.63, 3.8) is 0 Å². The highest BCUT2D eigenvalue weighted by Gasteiger charge is 2.21. The van der Waals surface area contributed by atoms with Crippen molar-refractivity contribution in [1.29, 1.82) is 0 Å². The van der Waals surface area contributed by atoms with E-state index < -0.39 is 11.7 Å². The summed E-state index contributed by atoms with van der Waals surface area (Å²) in [5, 5.41) is 3.34. The summed E-state index contributed by atoms with van der Waals surface area (Å²) >= 11 is 0. The van der Waals surface area contributed by atoms with Crippen LogP contribution in [0.3, 0.4) is 0 Å². The van der Waals surface area contributed by atoms with Gasteiger partial charge in [-0.25, -0.2) is 9.18 Å². The first-order valence-electron chi connectivity index (χ1n) is 10.6. The van der Waals surface area contributed by atoms with Crippen LogP contribution in [0.4, 0.5) is 9.18 Å². The van der Waals surface area contributed by atoms with E-state index in [0.29, 0.717) is 59.6 Å². The highest BCUT2D eigenvalue weighted by Crippen LogP contribution is 2.36. The molecule has 1 heterocycles. The molecule has 0 bridgehead atoms. The van der Waals surface area contributed by atoms with Crippen LogP contribution in [-0.4, -0.2) is 30.6 Å². The fourth-order valence-electron chi connectivity index (χ4n) is 3.19. The van der Waals surface area contributed by atoms with Crippen LogP contribution in [0.15, 0.2) is 46.9 Å². The SMILES string of the molecule is CCC(=O)c1c(-c2ccc(F)cc2)oc2ccc(OCCCNC(=O)OC(C)(C)C)cc12. The van der Waals surface area contributed by atoms with E-state index in [9.17, 15) is 14.0 Å². The molecule has 32 heavy (non-hydrogen) atoms. The first-order chi connectivity index (χ1) is 15.2. The molecule has 3 aromatic rings. The van der Waals surface area contributed by atoms with E-state index in [-0.39, 0.29) is 11.6 Å². The van der Waals surface area contributed by atoms with Crippen LogP contribution in [0.25, 0.3) is 22.3 Å². The van der Waals surface area contributed by atoms with Gasteiger partial charge < -0.3 is 19.2 Å². The van der Waals surface area contributed by atoms with Crippen molar-refractivity contribution in [2.45, 2.75) is 46.1 Å². The van der Waals surface area contributed by atoms with Gasteiger partial charge in [0, 0.05) is 23.9 Å². The molecular formula is C25H28FNO5. The number of carbonyl (C=O) groups is 2. The van der Waals surface area contributed by atoms with Crippen LogP contribution in [0.2, 0.25) is 0 Å². The number of furan rings is 1. The highest BCUT2D eigenvalue weighted by molar-refractivity contribution is 6.12. The van der Waals surface area contributed by atoms with Crippen LogP contribution in [-0.2, 0) is 4.74 Å². The highest BCUT2D eigenvalue weighted by atomic mass is 19.1. The second-order valence-corrected chi connectivity index (χ2v) is 8.38. The molecule has 0 aliphatic rings. The molecular weight excluding hydrogens is 413 g/mol. The first kappa shape index (κ1) is 23.3. The predicted molar refractivity (Wildman–Crippen MR) is 121 cm³/mol. The summed E-state index contributed by atoms with van der Waals surface area (Å²) in [5.41, 5.74) is 1.11. The van der Waals surface area contributed by atoms with Crippen LogP contribution in [0, 0.1) is 5.82 Å². The Morgan fingerprint density at radius 3 is 2.47 bits per heavy atom. The Labute approximate surface area is 186 Å². The van der Waals surface area contributed by atoms with Gasteiger partial charge in [-0.2, -0.15) is 0 Å². The van der Waals surface area contributed by atoms with Gasteiger partial charge in [0.15, 0.2) is 5.78 Å². The van der Waals surface area contributed by atoms with Gasteiger partial charge in [-0.15, -0.1) is 0 Å². The molecule has 0 aliphatic heterocycles. The molecule has 1 amide bonds. The second-order valence-electron chi connectivity index (χ2n) is 8.38. The Morgan fingerprint density at radius 2 is 1.81 bits per heavy atom. The Hall–Kier alpha value is -3.35. The fraction of sp³-hybridized carbons (Fsp3) is 0.360. The number of benzene rings is 2. The molecule has 1 N–H and O–H groups in total. The summed E-state index contributed by atoms with van der Waals surface area (Å²) in [5.74, 6) is 0.587. The van der Waals surface area contributed by atoms with E-state index in [1.807, 2.05) is 0 Å². The maximum atomic E-state index is 13.3. The number of rotatable bonds is 8. The van der Waals surface area contributed by atoms with Gasteiger partial charge in [0.05, 0.1) is 12.2 Å². The molecule has 170 valence electrons. The van der Waals surface area contributed by atoms with Crippen LogP contribution in [0.1, 0.15) is 50.9 Å². The van der Waals surface area contributed by atoms with Crippen molar-refractivity contribution in [2.75, 3.05) is 13.2 Å². The number of fused-ring (bicyclic) bond motifs is 1. The lowest BCUT2D eigenvalue weighted by Gasteiger charge is -2.19. The number of alkyl carbamates (subject to hydrolysis) is 1. The number of ketones is 1. The molecule has 0 saturated heterocycles. The topological polar surface area (TPSA) is 77.8 Å². The van der Waals surface area contributed by atoms with Crippen LogP contribution < -0.4 is 10.1 Å². The maximum Gasteiger partial charge on any atom is 0.407 e. The summed E-state index contributed by atoms with van der Waals surface area (Å²) in [6, 6.07) is 11.1.